The summed E-state index contributed by atoms with van der Waals surface area (Å²) < 4.78 is 11.4. The Morgan fingerprint density at radius 3 is 2.37 bits per heavy atom. The third-order valence-electron chi connectivity index (χ3n) is 7.53. The molecule has 2 fully saturated rings. The lowest BCUT2D eigenvalue weighted by Crippen LogP contribution is -2.58. The van der Waals surface area contributed by atoms with Crippen molar-refractivity contribution in [2.75, 3.05) is 20.2 Å². The van der Waals surface area contributed by atoms with Gasteiger partial charge in [0.1, 0.15) is 16.9 Å². The van der Waals surface area contributed by atoms with Crippen molar-refractivity contribution in [1.82, 2.24) is 14.8 Å². The molecule has 1 unspecified atom stereocenters. The number of methoxy groups -OCH3 is 1. The van der Waals surface area contributed by atoms with E-state index < -0.39 is 11.1 Å². The number of nitrogens with zero attached hydrogens (tertiary/aromatic N) is 3. The van der Waals surface area contributed by atoms with E-state index in [4.69, 9.17) is 9.47 Å². The fraction of sp³-hybridized carbons (Fsp3) is 0.321. The molecule has 0 bridgehead atoms. The molecule has 2 aliphatic heterocycles. The average molecular weight is 472 g/mol. The van der Waals surface area contributed by atoms with Crippen LogP contribution in [-0.4, -0.2) is 52.6 Å². The van der Waals surface area contributed by atoms with E-state index in [1.807, 2.05) is 58.5 Å². The minimum absolute atomic E-state index is 0.0314. The van der Waals surface area contributed by atoms with Crippen LogP contribution in [0.15, 0.2) is 79.1 Å². The van der Waals surface area contributed by atoms with Crippen LogP contribution < -0.4 is 4.74 Å². The van der Waals surface area contributed by atoms with Gasteiger partial charge in [-0.05, 0) is 48.4 Å². The molecule has 180 valence electrons. The zero-order chi connectivity index (χ0) is 24.5. The molecule has 0 N–H and O–H groups in total. The van der Waals surface area contributed by atoms with Gasteiger partial charge in [-0.15, -0.1) is 0 Å². The van der Waals surface area contributed by atoms with Crippen LogP contribution in [0.1, 0.15) is 41.3 Å². The van der Waals surface area contributed by atoms with E-state index in [2.05, 4.69) is 11.9 Å². The van der Waals surface area contributed by atoms with Crippen LogP contribution in [0.4, 0.5) is 4.79 Å². The van der Waals surface area contributed by atoms with Crippen molar-refractivity contribution in [3.05, 3.63) is 95.8 Å². The summed E-state index contributed by atoms with van der Waals surface area (Å²) in [5.41, 5.74) is 1.08. The predicted molar refractivity (Wildman–Crippen MR) is 131 cm³/mol. The van der Waals surface area contributed by atoms with E-state index in [0.717, 1.165) is 11.1 Å². The molecular formula is C28H29N3O4. The molecule has 3 heterocycles. The highest BCUT2D eigenvalue weighted by molar-refractivity contribution is 5.94. The van der Waals surface area contributed by atoms with Gasteiger partial charge in [-0.1, -0.05) is 36.4 Å². The summed E-state index contributed by atoms with van der Waals surface area (Å²) in [7, 11) is 1.60. The molecule has 3 aromatic rings. The second-order valence-corrected chi connectivity index (χ2v) is 9.27. The Kier molecular flexibility index (Phi) is 5.93. The number of rotatable bonds is 5. The van der Waals surface area contributed by atoms with E-state index in [-0.39, 0.29) is 12.0 Å². The third-order valence-corrected chi connectivity index (χ3v) is 7.53. The number of likely N-dealkylation sites (tertiary alicyclic amines) is 1. The second-order valence-electron chi connectivity index (χ2n) is 9.27. The van der Waals surface area contributed by atoms with Crippen LogP contribution >= 0.6 is 0 Å². The van der Waals surface area contributed by atoms with Crippen LogP contribution in [0.2, 0.25) is 0 Å². The van der Waals surface area contributed by atoms with Crippen molar-refractivity contribution in [2.45, 2.75) is 37.5 Å². The molecule has 1 spiro atoms. The Hall–Kier alpha value is -3.87. The fourth-order valence-electron chi connectivity index (χ4n) is 5.38. The monoisotopic (exact) mass is 471 g/mol. The summed E-state index contributed by atoms with van der Waals surface area (Å²) in [6.45, 7) is 3.49. The molecule has 1 aromatic heterocycles. The molecule has 5 rings (SSSR count). The maximum absolute atomic E-state index is 13.3. The maximum atomic E-state index is 13.3. The number of benzene rings is 2. The van der Waals surface area contributed by atoms with Gasteiger partial charge in [0, 0.05) is 43.9 Å². The molecule has 0 saturated carbocycles. The number of ether oxygens (including phenoxy) is 2. The average Bonchev–Trinajstić information content (AvgIpc) is 3.11. The number of carbonyl (C=O) groups excluding carboxylic acids is 2. The standard InChI is InChI=1S/C28H29N3O4/c1-27(23-9-6-16-29-19-23)28(35-26(33)31(27)20-21-7-4-3-5-8-21)14-17-30(18-15-28)25(32)22-10-12-24(34-2)13-11-22/h3-13,16,19H,14-15,17-18,20H2,1-2H3. The van der Waals surface area contributed by atoms with Crippen LogP contribution in [0.3, 0.4) is 0 Å². The molecule has 0 radical (unpaired) electrons. The van der Waals surface area contributed by atoms with E-state index in [1.165, 1.54) is 0 Å². The number of carbonyl (C=O) groups is 2. The topological polar surface area (TPSA) is 72.0 Å². The van der Waals surface area contributed by atoms with Crippen molar-refractivity contribution in [3.63, 3.8) is 0 Å². The summed E-state index contributed by atoms with van der Waals surface area (Å²) in [5.74, 6) is 0.679. The van der Waals surface area contributed by atoms with Crippen molar-refractivity contribution in [2.24, 2.45) is 0 Å². The number of amides is 2. The maximum Gasteiger partial charge on any atom is 0.411 e. The van der Waals surface area contributed by atoms with E-state index in [9.17, 15) is 9.59 Å². The number of aromatic nitrogens is 1. The highest BCUT2D eigenvalue weighted by atomic mass is 16.6. The summed E-state index contributed by atoms with van der Waals surface area (Å²) in [6.07, 6.45) is 4.29. The van der Waals surface area contributed by atoms with Crippen LogP contribution in [0, 0.1) is 0 Å². The first-order chi connectivity index (χ1) is 17.0. The first-order valence-corrected chi connectivity index (χ1v) is 11.9. The molecule has 7 heteroatoms. The first-order valence-electron chi connectivity index (χ1n) is 11.9. The van der Waals surface area contributed by atoms with E-state index in [1.54, 1.807) is 37.6 Å². The Morgan fingerprint density at radius 1 is 1.03 bits per heavy atom. The third kappa shape index (κ3) is 3.91. The van der Waals surface area contributed by atoms with Gasteiger partial charge < -0.3 is 14.4 Å². The van der Waals surface area contributed by atoms with Crippen LogP contribution in [0.5, 0.6) is 5.75 Å². The summed E-state index contributed by atoms with van der Waals surface area (Å²) in [5, 5.41) is 0. The summed E-state index contributed by atoms with van der Waals surface area (Å²) in [6, 6.07) is 21.0. The normalized spacial score (nSPS) is 21.1. The Labute approximate surface area is 205 Å². The van der Waals surface area contributed by atoms with Gasteiger partial charge >= 0.3 is 6.09 Å². The zero-order valence-corrected chi connectivity index (χ0v) is 20.0. The Bertz CT molecular complexity index is 1190. The lowest BCUT2D eigenvalue weighted by Gasteiger charge is -2.48. The molecule has 0 aliphatic carbocycles. The molecule has 7 nitrogen and oxygen atoms in total. The predicted octanol–water partition coefficient (Wildman–Crippen LogP) is 4.63. The lowest BCUT2D eigenvalue weighted by atomic mass is 9.70. The van der Waals surface area contributed by atoms with E-state index in [0.29, 0.717) is 43.8 Å². The molecule has 2 aromatic carbocycles. The van der Waals surface area contributed by atoms with Crippen molar-refractivity contribution in [1.29, 1.82) is 0 Å². The quantitative estimate of drug-likeness (QED) is 0.542. The first kappa shape index (κ1) is 22.9. The van der Waals surface area contributed by atoms with Crippen LogP contribution in [-0.2, 0) is 16.8 Å². The van der Waals surface area contributed by atoms with Gasteiger partial charge in [-0.3, -0.25) is 14.7 Å². The molecule has 2 aliphatic rings. The minimum atomic E-state index is -0.765. The number of hydrogen-bond donors (Lipinski definition) is 0. The Balaban J connectivity index is 1.43. The lowest BCUT2D eigenvalue weighted by molar-refractivity contribution is -0.0552. The molecule has 2 amide bonds. The van der Waals surface area contributed by atoms with Gasteiger partial charge in [0.15, 0.2) is 0 Å². The van der Waals surface area contributed by atoms with Gasteiger partial charge in [0.2, 0.25) is 0 Å². The number of pyridine rings is 1. The summed E-state index contributed by atoms with van der Waals surface area (Å²) >= 11 is 0. The minimum Gasteiger partial charge on any atom is -0.497 e. The molecule has 1 atom stereocenters. The second kappa shape index (κ2) is 9.06. The smallest absolute Gasteiger partial charge is 0.411 e. The SMILES string of the molecule is COc1ccc(C(=O)N2CCC3(CC2)OC(=O)N(Cc2ccccc2)C3(C)c2cccnc2)cc1. The van der Waals surface area contributed by atoms with Gasteiger partial charge in [0.25, 0.3) is 5.91 Å². The highest BCUT2D eigenvalue weighted by Crippen LogP contribution is 2.52. The van der Waals surface area contributed by atoms with Gasteiger partial charge in [0.05, 0.1) is 13.7 Å². The molecular weight excluding hydrogens is 442 g/mol. The van der Waals surface area contributed by atoms with Gasteiger partial charge in [-0.25, -0.2) is 4.79 Å². The zero-order valence-electron chi connectivity index (χ0n) is 20.0. The molecule has 35 heavy (non-hydrogen) atoms. The van der Waals surface area contributed by atoms with Crippen molar-refractivity contribution >= 4 is 12.0 Å². The largest absolute Gasteiger partial charge is 0.497 e. The van der Waals surface area contributed by atoms with Crippen molar-refractivity contribution in [3.8, 4) is 5.75 Å². The summed E-state index contributed by atoms with van der Waals surface area (Å²) in [4.78, 5) is 34.5. The van der Waals surface area contributed by atoms with Crippen molar-refractivity contribution < 1.29 is 19.1 Å². The molecule has 2 saturated heterocycles. The van der Waals surface area contributed by atoms with E-state index >= 15 is 0 Å². The highest BCUT2D eigenvalue weighted by Gasteiger charge is 2.64. The van der Waals surface area contributed by atoms with Gasteiger partial charge in [-0.2, -0.15) is 0 Å². The number of piperidine rings is 1. The fourth-order valence-corrected chi connectivity index (χ4v) is 5.38. The Morgan fingerprint density at radius 2 is 1.74 bits per heavy atom. The van der Waals surface area contributed by atoms with Crippen LogP contribution in [0.25, 0.3) is 0 Å². The number of hydrogen-bond acceptors (Lipinski definition) is 5.